The number of rotatable bonds is 7. The smallest absolute Gasteiger partial charge is 0.250 e. The number of nitrogens with zero attached hydrogens (tertiary/aromatic N) is 1. The molecule has 4 heteroatoms. The first-order chi connectivity index (χ1) is 7.10. The maximum atomic E-state index is 11.4. The molecular weight excluding hydrogens is 190 g/mol. The van der Waals surface area contributed by atoms with E-state index in [1.165, 1.54) is 0 Å². The standard InChI is InChI=1S/C11H25N3O/c1-5-10(6-2)8-14(7-3)9(4)11(15)13-12/h9-10H,5-8,12H2,1-4H3,(H,13,15). The van der Waals surface area contributed by atoms with Gasteiger partial charge in [-0.3, -0.25) is 15.1 Å². The van der Waals surface area contributed by atoms with Gasteiger partial charge in [-0.25, -0.2) is 5.84 Å². The molecule has 0 bridgehead atoms. The molecule has 15 heavy (non-hydrogen) atoms. The van der Waals surface area contributed by atoms with Crippen LogP contribution >= 0.6 is 0 Å². The summed E-state index contributed by atoms with van der Waals surface area (Å²) in [4.78, 5) is 13.6. The third kappa shape index (κ3) is 4.62. The fourth-order valence-electron chi connectivity index (χ4n) is 1.73. The minimum Gasteiger partial charge on any atom is -0.293 e. The number of likely N-dealkylation sites (N-methyl/N-ethyl adjacent to an activating group) is 1. The molecule has 1 amide bonds. The van der Waals surface area contributed by atoms with Crippen LogP contribution in [0.3, 0.4) is 0 Å². The van der Waals surface area contributed by atoms with Gasteiger partial charge >= 0.3 is 0 Å². The number of hydrazine groups is 1. The quantitative estimate of drug-likeness (QED) is 0.380. The van der Waals surface area contributed by atoms with E-state index in [-0.39, 0.29) is 11.9 Å². The van der Waals surface area contributed by atoms with Crippen molar-refractivity contribution in [3.8, 4) is 0 Å². The molecule has 0 aliphatic carbocycles. The number of carbonyl (C=O) groups excluding carboxylic acids is 1. The topological polar surface area (TPSA) is 58.4 Å². The van der Waals surface area contributed by atoms with Crippen LogP contribution in [0, 0.1) is 5.92 Å². The molecule has 1 atom stereocenters. The van der Waals surface area contributed by atoms with E-state index in [1.54, 1.807) is 0 Å². The Morgan fingerprint density at radius 3 is 2.20 bits per heavy atom. The lowest BCUT2D eigenvalue weighted by Crippen LogP contribution is -2.48. The van der Waals surface area contributed by atoms with E-state index in [4.69, 9.17) is 5.84 Å². The molecule has 1 unspecified atom stereocenters. The molecule has 0 rings (SSSR count). The van der Waals surface area contributed by atoms with Crippen molar-refractivity contribution in [2.45, 2.75) is 46.6 Å². The molecule has 0 aliphatic heterocycles. The number of hydrogen-bond donors (Lipinski definition) is 2. The summed E-state index contributed by atoms with van der Waals surface area (Å²) >= 11 is 0. The van der Waals surface area contributed by atoms with Gasteiger partial charge in [-0.15, -0.1) is 0 Å². The third-order valence-electron chi connectivity index (χ3n) is 3.12. The molecule has 3 N–H and O–H groups in total. The SMILES string of the molecule is CCC(CC)CN(CC)C(C)C(=O)NN. The zero-order valence-corrected chi connectivity index (χ0v) is 10.4. The molecule has 0 saturated heterocycles. The maximum absolute atomic E-state index is 11.4. The van der Waals surface area contributed by atoms with Crippen molar-refractivity contribution in [2.24, 2.45) is 11.8 Å². The third-order valence-corrected chi connectivity index (χ3v) is 3.12. The van der Waals surface area contributed by atoms with Crippen molar-refractivity contribution in [3.05, 3.63) is 0 Å². The second-order valence-corrected chi connectivity index (χ2v) is 3.95. The fourth-order valence-corrected chi connectivity index (χ4v) is 1.73. The normalized spacial score (nSPS) is 13.3. The van der Waals surface area contributed by atoms with Gasteiger partial charge in [0, 0.05) is 6.54 Å². The number of nitrogens with one attached hydrogen (secondary N) is 1. The molecule has 0 fully saturated rings. The van der Waals surface area contributed by atoms with Crippen molar-refractivity contribution < 1.29 is 4.79 Å². The van der Waals surface area contributed by atoms with E-state index in [9.17, 15) is 4.79 Å². The average Bonchev–Trinajstić information content (AvgIpc) is 2.29. The minimum atomic E-state index is -0.138. The van der Waals surface area contributed by atoms with Crippen molar-refractivity contribution in [3.63, 3.8) is 0 Å². The summed E-state index contributed by atoms with van der Waals surface area (Å²) in [7, 11) is 0. The zero-order chi connectivity index (χ0) is 11.8. The molecule has 0 heterocycles. The van der Waals surface area contributed by atoms with E-state index >= 15 is 0 Å². The summed E-state index contributed by atoms with van der Waals surface area (Å²) in [5.41, 5.74) is 2.21. The van der Waals surface area contributed by atoms with Gasteiger partial charge in [0.15, 0.2) is 0 Å². The first-order valence-electron chi connectivity index (χ1n) is 5.85. The molecule has 0 aromatic heterocycles. The Morgan fingerprint density at radius 1 is 1.33 bits per heavy atom. The highest BCUT2D eigenvalue weighted by atomic mass is 16.2. The Balaban J connectivity index is 4.28. The van der Waals surface area contributed by atoms with Gasteiger partial charge in [-0.1, -0.05) is 33.6 Å². The van der Waals surface area contributed by atoms with Gasteiger partial charge < -0.3 is 0 Å². The van der Waals surface area contributed by atoms with Crippen LogP contribution in [-0.4, -0.2) is 29.9 Å². The second kappa shape index (κ2) is 7.65. The van der Waals surface area contributed by atoms with Crippen LogP contribution in [0.4, 0.5) is 0 Å². The Labute approximate surface area is 93.2 Å². The van der Waals surface area contributed by atoms with Gasteiger partial charge in [-0.2, -0.15) is 0 Å². The molecule has 0 saturated carbocycles. The van der Waals surface area contributed by atoms with Crippen LogP contribution in [0.5, 0.6) is 0 Å². The van der Waals surface area contributed by atoms with Crippen LogP contribution < -0.4 is 11.3 Å². The molecule has 0 aromatic rings. The first-order valence-corrected chi connectivity index (χ1v) is 5.85. The van der Waals surface area contributed by atoms with E-state index in [1.807, 2.05) is 6.92 Å². The summed E-state index contributed by atoms with van der Waals surface area (Å²) < 4.78 is 0. The highest BCUT2D eigenvalue weighted by Gasteiger charge is 2.20. The van der Waals surface area contributed by atoms with Crippen LogP contribution in [-0.2, 0) is 4.79 Å². The summed E-state index contributed by atoms with van der Waals surface area (Å²) in [6.07, 6.45) is 2.31. The lowest BCUT2D eigenvalue weighted by Gasteiger charge is -2.29. The molecule has 90 valence electrons. The Hall–Kier alpha value is -0.610. The number of hydrogen-bond acceptors (Lipinski definition) is 3. The second-order valence-electron chi connectivity index (χ2n) is 3.95. The Morgan fingerprint density at radius 2 is 1.87 bits per heavy atom. The lowest BCUT2D eigenvalue weighted by molar-refractivity contribution is -0.126. The van der Waals surface area contributed by atoms with Crippen molar-refractivity contribution >= 4 is 5.91 Å². The number of amides is 1. The average molecular weight is 215 g/mol. The number of carbonyl (C=O) groups is 1. The van der Waals surface area contributed by atoms with Gasteiger partial charge in [-0.05, 0) is 19.4 Å². The van der Waals surface area contributed by atoms with E-state index in [2.05, 4.69) is 31.1 Å². The van der Waals surface area contributed by atoms with Crippen LogP contribution in [0.25, 0.3) is 0 Å². The van der Waals surface area contributed by atoms with Gasteiger partial charge in [0.2, 0.25) is 0 Å². The van der Waals surface area contributed by atoms with E-state index in [0.717, 1.165) is 25.9 Å². The molecular formula is C11H25N3O. The van der Waals surface area contributed by atoms with E-state index < -0.39 is 0 Å². The molecule has 4 nitrogen and oxygen atoms in total. The zero-order valence-electron chi connectivity index (χ0n) is 10.4. The van der Waals surface area contributed by atoms with Crippen LogP contribution in [0.2, 0.25) is 0 Å². The maximum Gasteiger partial charge on any atom is 0.250 e. The highest BCUT2D eigenvalue weighted by Crippen LogP contribution is 2.11. The van der Waals surface area contributed by atoms with Gasteiger partial charge in [0.1, 0.15) is 0 Å². The van der Waals surface area contributed by atoms with Crippen LogP contribution in [0.15, 0.2) is 0 Å². The largest absolute Gasteiger partial charge is 0.293 e. The lowest BCUT2D eigenvalue weighted by atomic mass is 10.0. The predicted octanol–water partition coefficient (Wildman–Crippen LogP) is 1.12. The van der Waals surface area contributed by atoms with Gasteiger partial charge in [0.05, 0.1) is 6.04 Å². The molecule has 0 aromatic carbocycles. The highest BCUT2D eigenvalue weighted by molar-refractivity contribution is 5.80. The molecule has 0 spiro atoms. The first kappa shape index (κ1) is 14.4. The Bertz CT molecular complexity index is 181. The monoisotopic (exact) mass is 215 g/mol. The molecule has 0 aliphatic rings. The fraction of sp³-hybridized carbons (Fsp3) is 0.909. The van der Waals surface area contributed by atoms with Crippen LogP contribution in [0.1, 0.15) is 40.5 Å². The predicted molar refractivity (Wildman–Crippen MR) is 63.1 cm³/mol. The summed E-state index contributed by atoms with van der Waals surface area (Å²) in [5, 5.41) is 0. The molecule has 0 radical (unpaired) electrons. The van der Waals surface area contributed by atoms with E-state index in [0.29, 0.717) is 5.92 Å². The Kier molecular flexibility index (Phi) is 7.34. The minimum absolute atomic E-state index is 0.109. The van der Waals surface area contributed by atoms with Gasteiger partial charge in [0.25, 0.3) is 5.91 Å². The van der Waals surface area contributed by atoms with Crippen molar-refractivity contribution in [2.75, 3.05) is 13.1 Å². The van der Waals surface area contributed by atoms with Crippen molar-refractivity contribution in [1.82, 2.24) is 10.3 Å². The summed E-state index contributed by atoms with van der Waals surface area (Å²) in [6, 6.07) is -0.138. The summed E-state index contributed by atoms with van der Waals surface area (Å²) in [5.74, 6) is 5.69. The number of nitrogens with two attached hydrogens (primary N) is 1. The summed E-state index contributed by atoms with van der Waals surface area (Å²) in [6.45, 7) is 10.2. The van der Waals surface area contributed by atoms with Crippen molar-refractivity contribution in [1.29, 1.82) is 0 Å².